The van der Waals surface area contributed by atoms with E-state index < -0.39 is 12.0 Å². The quantitative estimate of drug-likeness (QED) is 0.794. The van der Waals surface area contributed by atoms with Gasteiger partial charge in [0, 0.05) is 13.1 Å². The summed E-state index contributed by atoms with van der Waals surface area (Å²) in [5, 5.41) is 8.76. The van der Waals surface area contributed by atoms with Gasteiger partial charge in [0.1, 0.15) is 17.9 Å². The summed E-state index contributed by atoms with van der Waals surface area (Å²) >= 11 is 0. The van der Waals surface area contributed by atoms with Gasteiger partial charge in [-0.05, 0) is 24.7 Å². The molecule has 1 atom stereocenters. The van der Waals surface area contributed by atoms with Crippen molar-refractivity contribution in [2.45, 2.75) is 12.1 Å². The molecule has 5 nitrogen and oxygen atoms in total. The molecule has 1 aliphatic rings. The summed E-state index contributed by atoms with van der Waals surface area (Å²) in [6.45, 7) is 1.85. The number of ether oxygens (including phenoxy) is 1. The van der Waals surface area contributed by atoms with Crippen molar-refractivity contribution in [2.75, 3.05) is 20.1 Å². The number of carboxylic acids is 1. The number of likely N-dealkylation sites (N-methyl/N-ethyl adjacent to an activating group) is 1. The van der Waals surface area contributed by atoms with Crippen LogP contribution in [-0.2, 0) is 4.79 Å². The molecule has 3 N–H and O–H groups in total. The third-order valence-corrected chi connectivity index (χ3v) is 2.84. The van der Waals surface area contributed by atoms with E-state index in [0.29, 0.717) is 5.56 Å². The van der Waals surface area contributed by atoms with Gasteiger partial charge in [-0.2, -0.15) is 0 Å². The zero-order valence-electron chi connectivity index (χ0n) is 9.67. The highest BCUT2D eigenvalue weighted by atomic mass is 16.5. The third-order valence-electron chi connectivity index (χ3n) is 2.84. The lowest BCUT2D eigenvalue weighted by Gasteiger charge is -2.36. The molecule has 1 saturated heterocycles. The van der Waals surface area contributed by atoms with Gasteiger partial charge in [0.05, 0.1) is 0 Å². The number of likely N-dealkylation sites (tertiary alicyclic amines) is 1. The third kappa shape index (κ3) is 2.75. The monoisotopic (exact) mass is 236 g/mol. The summed E-state index contributed by atoms with van der Waals surface area (Å²) in [6, 6.07) is 5.93. The molecule has 1 aromatic carbocycles. The van der Waals surface area contributed by atoms with E-state index in [1.165, 1.54) is 0 Å². The van der Waals surface area contributed by atoms with Crippen LogP contribution < -0.4 is 10.5 Å². The van der Waals surface area contributed by atoms with Crippen LogP contribution >= 0.6 is 0 Å². The van der Waals surface area contributed by atoms with E-state index in [-0.39, 0.29) is 6.10 Å². The van der Waals surface area contributed by atoms with Gasteiger partial charge in [-0.3, -0.25) is 9.69 Å². The van der Waals surface area contributed by atoms with Crippen LogP contribution in [0.3, 0.4) is 0 Å². The van der Waals surface area contributed by atoms with E-state index >= 15 is 0 Å². The number of aliphatic carboxylic acids is 1. The lowest BCUT2D eigenvalue weighted by Crippen LogP contribution is -2.51. The zero-order chi connectivity index (χ0) is 12.4. The number of hydrogen-bond acceptors (Lipinski definition) is 4. The van der Waals surface area contributed by atoms with Gasteiger partial charge in [0.25, 0.3) is 0 Å². The summed E-state index contributed by atoms with van der Waals surface area (Å²) in [5.74, 6) is -0.274. The molecule has 1 aromatic rings. The Balaban J connectivity index is 1.96. The Morgan fingerprint density at radius 1 is 1.47 bits per heavy atom. The first kappa shape index (κ1) is 11.9. The van der Waals surface area contributed by atoms with Crippen molar-refractivity contribution in [3.05, 3.63) is 29.8 Å². The van der Waals surface area contributed by atoms with Crippen molar-refractivity contribution in [3.8, 4) is 5.75 Å². The summed E-state index contributed by atoms with van der Waals surface area (Å²) in [5.41, 5.74) is 6.08. The summed E-state index contributed by atoms with van der Waals surface area (Å²) in [6.07, 6.45) is 0.235. The summed E-state index contributed by atoms with van der Waals surface area (Å²) in [4.78, 5) is 12.9. The molecular formula is C12H16N2O3. The zero-order valence-corrected chi connectivity index (χ0v) is 9.67. The van der Waals surface area contributed by atoms with E-state index in [0.717, 1.165) is 18.8 Å². The topological polar surface area (TPSA) is 75.8 Å². The Kier molecular flexibility index (Phi) is 3.31. The molecule has 0 amide bonds. The molecule has 1 unspecified atom stereocenters. The van der Waals surface area contributed by atoms with Crippen LogP contribution in [0, 0.1) is 0 Å². The number of rotatable bonds is 4. The minimum Gasteiger partial charge on any atom is -0.488 e. The molecule has 0 aliphatic carbocycles. The van der Waals surface area contributed by atoms with E-state index in [4.69, 9.17) is 15.6 Å². The van der Waals surface area contributed by atoms with Crippen LogP contribution in [0.15, 0.2) is 24.3 Å². The second kappa shape index (κ2) is 4.73. The molecule has 5 heteroatoms. The minimum absolute atomic E-state index is 0.235. The van der Waals surface area contributed by atoms with Crippen LogP contribution in [-0.4, -0.2) is 42.2 Å². The van der Waals surface area contributed by atoms with Gasteiger partial charge in [-0.15, -0.1) is 0 Å². The van der Waals surface area contributed by atoms with Crippen LogP contribution in [0.4, 0.5) is 0 Å². The highest BCUT2D eigenvalue weighted by molar-refractivity contribution is 5.75. The molecule has 92 valence electrons. The lowest BCUT2D eigenvalue weighted by atomic mass is 10.1. The molecular weight excluding hydrogens is 220 g/mol. The van der Waals surface area contributed by atoms with Crippen molar-refractivity contribution in [3.63, 3.8) is 0 Å². The van der Waals surface area contributed by atoms with Crippen LogP contribution in [0.25, 0.3) is 0 Å². The lowest BCUT2D eigenvalue weighted by molar-refractivity contribution is -0.138. The molecule has 0 spiro atoms. The fourth-order valence-electron chi connectivity index (χ4n) is 1.81. The number of carboxylic acid groups (broad SMARTS) is 1. The Bertz CT molecular complexity index is 399. The van der Waals surface area contributed by atoms with Crippen LogP contribution in [0.2, 0.25) is 0 Å². The maximum atomic E-state index is 10.7. The molecule has 0 radical (unpaired) electrons. The number of nitrogens with zero attached hydrogens (tertiary/aromatic N) is 1. The van der Waals surface area contributed by atoms with E-state index in [1.54, 1.807) is 24.3 Å². The first-order chi connectivity index (χ1) is 8.06. The standard InChI is InChI=1S/C12H16N2O3/c1-14-6-10(7-14)17-9-4-2-8(3-5-9)11(13)12(15)16/h2-5,10-11H,6-7,13H2,1H3,(H,15,16). The van der Waals surface area contributed by atoms with Crippen molar-refractivity contribution >= 4 is 5.97 Å². The second-order valence-corrected chi connectivity index (χ2v) is 4.35. The van der Waals surface area contributed by atoms with E-state index in [1.807, 2.05) is 7.05 Å². The predicted molar refractivity (Wildman–Crippen MR) is 62.9 cm³/mol. The maximum absolute atomic E-state index is 10.7. The Morgan fingerprint density at radius 2 is 2.06 bits per heavy atom. The van der Waals surface area contributed by atoms with Crippen molar-refractivity contribution in [1.29, 1.82) is 0 Å². The van der Waals surface area contributed by atoms with Gasteiger partial charge in [0.15, 0.2) is 0 Å². The van der Waals surface area contributed by atoms with Crippen molar-refractivity contribution in [2.24, 2.45) is 5.73 Å². The number of nitrogens with two attached hydrogens (primary N) is 1. The Morgan fingerprint density at radius 3 is 2.53 bits per heavy atom. The Labute approximate surface area is 99.8 Å². The van der Waals surface area contributed by atoms with Gasteiger partial charge in [-0.25, -0.2) is 0 Å². The molecule has 2 rings (SSSR count). The van der Waals surface area contributed by atoms with Crippen LogP contribution in [0.5, 0.6) is 5.75 Å². The Hall–Kier alpha value is -1.59. The first-order valence-corrected chi connectivity index (χ1v) is 5.50. The minimum atomic E-state index is -1.03. The molecule has 1 fully saturated rings. The summed E-state index contributed by atoms with van der Waals surface area (Å²) in [7, 11) is 2.04. The molecule has 17 heavy (non-hydrogen) atoms. The highest BCUT2D eigenvalue weighted by Crippen LogP contribution is 2.20. The van der Waals surface area contributed by atoms with E-state index in [9.17, 15) is 4.79 Å². The molecule has 1 aliphatic heterocycles. The van der Waals surface area contributed by atoms with Gasteiger partial charge in [-0.1, -0.05) is 12.1 Å². The van der Waals surface area contributed by atoms with Gasteiger partial charge in [0.2, 0.25) is 0 Å². The van der Waals surface area contributed by atoms with Crippen molar-refractivity contribution < 1.29 is 14.6 Å². The fourth-order valence-corrected chi connectivity index (χ4v) is 1.81. The van der Waals surface area contributed by atoms with Crippen LogP contribution in [0.1, 0.15) is 11.6 Å². The SMILES string of the molecule is CN1CC(Oc2ccc(C(N)C(=O)O)cc2)C1. The first-order valence-electron chi connectivity index (χ1n) is 5.50. The number of benzene rings is 1. The second-order valence-electron chi connectivity index (χ2n) is 4.35. The summed E-state index contributed by atoms with van der Waals surface area (Å²) < 4.78 is 5.69. The number of carbonyl (C=O) groups is 1. The highest BCUT2D eigenvalue weighted by Gasteiger charge is 2.24. The van der Waals surface area contributed by atoms with E-state index in [2.05, 4.69) is 4.90 Å². The van der Waals surface area contributed by atoms with Gasteiger partial charge >= 0.3 is 5.97 Å². The molecule has 0 aromatic heterocycles. The average Bonchev–Trinajstić information content (AvgIpc) is 2.27. The molecule has 0 saturated carbocycles. The average molecular weight is 236 g/mol. The molecule has 1 heterocycles. The smallest absolute Gasteiger partial charge is 0.325 e. The van der Waals surface area contributed by atoms with Crippen molar-refractivity contribution in [1.82, 2.24) is 4.90 Å². The normalized spacial score (nSPS) is 18.5. The predicted octanol–water partition coefficient (Wildman–Crippen LogP) is 0.464. The fraction of sp³-hybridized carbons (Fsp3) is 0.417. The van der Waals surface area contributed by atoms with Gasteiger partial charge < -0.3 is 15.6 Å². The largest absolute Gasteiger partial charge is 0.488 e. The number of hydrogen-bond donors (Lipinski definition) is 2. The maximum Gasteiger partial charge on any atom is 0.325 e. The molecule has 0 bridgehead atoms.